The molecule has 1 amide bonds. The highest BCUT2D eigenvalue weighted by Crippen LogP contribution is 2.32. The van der Waals surface area contributed by atoms with E-state index < -0.39 is 5.97 Å². The molecule has 2 aromatic carbocycles. The van der Waals surface area contributed by atoms with E-state index in [0.29, 0.717) is 33.1 Å². The Morgan fingerprint density at radius 3 is 2.52 bits per heavy atom. The Kier molecular flexibility index (Phi) is 5.57. The largest absolute Gasteiger partial charge is 0.481 e. The highest BCUT2D eigenvalue weighted by atomic mass is 35.5. The lowest BCUT2D eigenvalue weighted by molar-refractivity contribution is -0.142. The molecule has 1 N–H and O–H groups in total. The van der Waals surface area contributed by atoms with Gasteiger partial charge in [0.25, 0.3) is 0 Å². The monoisotopic (exact) mass is 384 g/mol. The maximum absolute atomic E-state index is 11.5. The Balaban J connectivity index is 2.09. The van der Waals surface area contributed by atoms with Crippen molar-refractivity contribution in [3.63, 3.8) is 0 Å². The lowest BCUT2D eigenvalue weighted by atomic mass is 10.1. The number of benzene rings is 2. The Hall–Kier alpha value is -3.12. The third-order valence-electron chi connectivity index (χ3n) is 3.80. The lowest BCUT2D eigenvalue weighted by Crippen LogP contribution is -2.13. The number of fused-ring (bicyclic) bond motifs is 1. The van der Waals surface area contributed by atoms with Gasteiger partial charge in [-0.05, 0) is 30.3 Å². The van der Waals surface area contributed by atoms with Crippen molar-refractivity contribution in [3.05, 3.63) is 53.6 Å². The summed E-state index contributed by atoms with van der Waals surface area (Å²) in [4.78, 5) is 27.5. The first-order chi connectivity index (χ1) is 13.0. The van der Waals surface area contributed by atoms with Gasteiger partial charge in [-0.1, -0.05) is 23.7 Å². The Bertz CT molecular complexity index is 1000. The summed E-state index contributed by atoms with van der Waals surface area (Å²) in [5, 5.41) is 4.02. The van der Waals surface area contributed by atoms with Crippen LogP contribution in [-0.4, -0.2) is 30.6 Å². The summed E-state index contributed by atoms with van der Waals surface area (Å²) in [6.45, 7) is 1.20. The number of ether oxygens (including phenoxy) is 2. The van der Waals surface area contributed by atoms with Crippen molar-refractivity contribution in [1.82, 2.24) is 4.98 Å². The van der Waals surface area contributed by atoms with Gasteiger partial charge in [0, 0.05) is 34.6 Å². The van der Waals surface area contributed by atoms with Gasteiger partial charge in [0.15, 0.2) is 6.61 Å². The Morgan fingerprint density at radius 1 is 1.11 bits per heavy atom. The molecule has 0 radical (unpaired) electrons. The number of hydrogen-bond donors (Lipinski definition) is 1. The van der Waals surface area contributed by atoms with Crippen LogP contribution in [0.2, 0.25) is 5.02 Å². The van der Waals surface area contributed by atoms with E-state index >= 15 is 0 Å². The van der Waals surface area contributed by atoms with Crippen LogP contribution in [0.5, 0.6) is 5.75 Å². The van der Waals surface area contributed by atoms with Crippen LogP contribution in [0, 0.1) is 0 Å². The summed E-state index contributed by atoms with van der Waals surface area (Å²) in [7, 11) is 1.30. The predicted octanol–water partition coefficient (Wildman–Crippen LogP) is 4.07. The van der Waals surface area contributed by atoms with Gasteiger partial charge in [0.2, 0.25) is 5.91 Å². The average Bonchev–Trinajstić information content (AvgIpc) is 2.65. The second-order valence-corrected chi connectivity index (χ2v) is 6.23. The minimum atomic E-state index is -0.494. The van der Waals surface area contributed by atoms with E-state index in [9.17, 15) is 9.59 Å². The van der Waals surface area contributed by atoms with Crippen LogP contribution in [0.3, 0.4) is 0 Å². The number of nitrogens with zero attached hydrogens (tertiary/aromatic N) is 1. The first-order valence-corrected chi connectivity index (χ1v) is 8.52. The maximum atomic E-state index is 11.5. The number of rotatable bonds is 5. The van der Waals surface area contributed by atoms with Gasteiger partial charge in [-0.25, -0.2) is 9.78 Å². The predicted molar refractivity (Wildman–Crippen MR) is 104 cm³/mol. The van der Waals surface area contributed by atoms with Gasteiger partial charge < -0.3 is 14.8 Å². The number of hydrogen-bond acceptors (Lipinski definition) is 5. The number of pyridine rings is 1. The topological polar surface area (TPSA) is 77.5 Å². The van der Waals surface area contributed by atoms with E-state index in [4.69, 9.17) is 16.3 Å². The molecule has 3 aromatic rings. The average molecular weight is 385 g/mol. The molecule has 6 nitrogen and oxygen atoms in total. The fourth-order valence-electron chi connectivity index (χ4n) is 2.56. The molecule has 1 aromatic heterocycles. The zero-order chi connectivity index (χ0) is 19.4. The minimum absolute atomic E-state index is 0.183. The Morgan fingerprint density at radius 2 is 1.85 bits per heavy atom. The van der Waals surface area contributed by atoms with Crippen molar-refractivity contribution in [2.45, 2.75) is 6.92 Å². The quantitative estimate of drug-likeness (QED) is 0.671. The summed E-state index contributed by atoms with van der Waals surface area (Å²) >= 11 is 5.95. The number of aromatic nitrogens is 1. The molecule has 0 bridgehead atoms. The first kappa shape index (κ1) is 18.7. The van der Waals surface area contributed by atoms with Gasteiger partial charge in [-0.15, -0.1) is 0 Å². The van der Waals surface area contributed by atoms with Crippen molar-refractivity contribution in [2.24, 2.45) is 0 Å². The normalized spacial score (nSPS) is 10.5. The van der Waals surface area contributed by atoms with Crippen LogP contribution in [0.4, 0.5) is 5.69 Å². The summed E-state index contributed by atoms with van der Waals surface area (Å²) in [6.07, 6.45) is 0. The van der Waals surface area contributed by atoms with Gasteiger partial charge in [-0.3, -0.25) is 4.79 Å². The number of methoxy groups -OCH3 is 1. The zero-order valence-electron chi connectivity index (χ0n) is 14.8. The summed E-state index contributed by atoms with van der Waals surface area (Å²) in [5.41, 5.74) is 2.80. The second-order valence-electron chi connectivity index (χ2n) is 5.79. The van der Waals surface area contributed by atoms with Crippen LogP contribution in [-0.2, 0) is 14.3 Å². The lowest BCUT2D eigenvalue weighted by Gasteiger charge is -2.12. The molecule has 0 atom stereocenters. The summed E-state index contributed by atoms with van der Waals surface area (Å²) in [6, 6.07) is 14.3. The number of carbonyl (C=O) groups excluding carboxylic acids is 2. The van der Waals surface area contributed by atoms with Crippen molar-refractivity contribution in [1.29, 1.82) is 0 Å². The number of amides is 1. The highest BCUT2D eigenvalue weighted by molar-refractivity contribution is 6.30. The van der Waals surface area contributed by atoms with Crippen LogP contribution in [0.1, 0.15) is 6.92 Å². The number of carbonyl (C=O) groups is 2. The zero-order valence-corrected chi connectivity index (χ0v) is 15.5. The van der Waals surface area contributed by atoms with Crippen molar-refractivity contribution in [2.75, 3.05) is 19.0 Å². The van der Waals surface area contributed by atoms with E-state index in [1.165, 1.54) is 14.0 Å². The molecule has 138 valence electrons. The summed E-state index contributed by atoms with van der Waals surface area (Å²) < 4.78 is 10.3. The molecule has 0 aliphatic carbocycles. The molecule has 7 heteroatoms. The van der Waals surface area contributed by atoms with E-state index in [1.54, 1.807) is 36.4 Å². The highest BCUT2D eigenvalue weighted by Gasteiger charge is 2.12. The fraction of sp³-hybridized carbons (Fsp3) is 0.150. The molecular formula is C20H17ClN2O4. The third-order valence-corrected chi connectivity index (χ3v) is 4.06. The molecule has 0 saturated carbocycles. The number of esters is 1. The van der Waals surface area contributed by atoms with Gasteiger partial charge in [0.05, 0.1) is 18.3 Å². The molecule has 0 aliphatic rings. The molecule has 0 fully saturated rings. The van der Waals surface area contributed by atoms with Crippen molar-refractivity contribution >= 4 is 40.1 Å². The fourth-order valence-corrected chi connectivity index (χ4v) is 2.69. The van der Waals surface area contributed by atoms with Crippen molar-refractivity contribution < 1.29 is 19.1 Å². The smallest absolute Gasteiger partial charge is 0.343 e. The molecule has 0 saturated heterocycles. The summed E-state index contributed by atoms with van der Waals surface area (Å²) in [5.74, 6) is -0.217. The van der Waals surface area contributed by atoms with Crippen molar-refractivity contribution in [3.8, 4) is 17.0 Å². The molecule has 0 unspecified atom stereocenters. The van der Waals surface area contributed by atoms with Gasteiger partial charge in [-0.2, -0.15) is 0 Å². The standard InChI is InChI=1S/C20H17ClN2O4/c1-12(24)22-15-7-8-17-16(9-15)19(27-11-20(25)26-2)10-18(23-17)13-3-5-14(21)6-4-13/h3-10H,11H2,1-2H3,(H,22,24). The van der Waals surface area contributed by atoms with E-state index in [1.807, 2.05) is 12.1 Å². The number of anilines is 1. The number of nitrogens with one attached hydrogen (secondary N) is 1. The SMILES string of the molecule is COC(=O)COc1cc(-c2ccc(Cl)cc2)nc2ccc(NC(C)=O)cc12. The van der Waals surface area contributed by atoms with Crippen LogP contribution in [0.25, 0.3) is 22.2 Å². The van der Waals surface area contributed by atoms with Crippen LogP contribution < -0.4 is 10.1 Å². The first-order valence-electron chi connectivity index (χ1n) is 8.14. The van der Waals surface area contributed by atoms with E-state index in [0.717, 1.165) is 5.56 Å². The molecule has 27 heavy (non-hydrogen) atoms. The Labute approximate surface area is 161 Å². The molecular weight excluding hydrogens is 368 g/mol. The molecule has 0 aliphatic heterocycles. The van der Waals surface area contributed by atoms with E-state index in [2.05, 4.69) is 15.0 Å². The number of halogens is 1. The third kappa shape index (κ3) is 4.54. The molecule has 3 rings (SSSR count). The maximum Gasteiger partial charge on any atom is 0.343 e. The van der Waals surface area contributed by atoms with Crippen LogP contribution in [0.15, 0.2) is 48.5 Å². The molecule has 1 heterocycles. The second kappa shape index (κ2) is 8.05. The van der Waals surface area contributed by atoms with Gasteiger partial charge >= 0.3 is 5.97 Å². The minimum Gasteiger partial charge on any atom is -0.481 e. The van der Waals surface area contributed by atoms with Crippen LogP contribution >= 0.6 is 11.6 Å². The molecule has 0 spiro atoms. The van der Waals surface area contributed by atoms with Gasteiger partial charge in [0.1, 0.15) is 5.75 Å². The van der Waals surface area contributed by atoms with E-state index in [-0.39, 0.29) is 12.5 Å².